The molecule has 144 valence electrons. The third-order valence-electron chi connectivity index (χ3n) is 4.89. The van der Waals surface area contributed by atoms with E-state index in [1.807, 2.05) is 12.3 Å². The summed E-state index contributed by atoms with van der Waals surface area (Å²) in [5.41, 5.74) is 1.15. The molecule has 1 aromatic rings. The van der Waals surface area contributed by atoms with Gasteiger partial charge in [-0.3, -0.25) is 0 Å². The van der Waals surface area contributed by atoms with Crippen molar-refractivity contribution in [2.45, 2.75) is 45.4 Å². The molecule has 0 aliphatic carbocycles. The number of nitrogens with one attached hydrogen (secondary N) is 1. The minimum absolute atomic E-state index is 0.173. The van der Waals surface area contributed by atoms with Crippen molar-refractivity contribution in [3.8, 4) is 0 Å². The Hall–Kier alpha value is -1.86. The third kappa shape index (κ3) is 5.08. The van der Waals surface area contributed by atoms with E-state index in [2.05, 4.69) is 40.0 Å². The molecule has 0 bridgehead atoms. The molecular formula is C19H31N5O2. The Morgan fingerprint density at radius 1 is 1.38 bits per heavy atom. The summed E-state index contributed by atoms with van der Waals surface area (Å²) in [5, 5.41) is 13.1. The lowest BCUT2D eigenvalue weighted by atomic mass is 10.1. The Balaban J connectivity index is 1.66. The summed E-state index contributed by atoms with van der Waals surface area (Å²) in [6, 6.07) is 4.16. The largest absolute Gasteiger partial charge is 0.393 e. The molecule has 3 rings (SSSR count). The molecule has 2 aliphatic heterocycles. The van der Waals surface area contributed by atoms with Crippen LogP contribution in [0, 0.1) is 0 Å². The van der Waals surface area contributed by atoms with Gasteiger partial charge in [-0.25, -0.2) is 9.98 Å². The van der Waals surface area contributed by atoms with Crippen molar-refractivity contribution in [2.24, 2.45) is 4.99 Å². The summed E-state index contributed by atoms with van der Waals surface area (Å²) >= 11 is 0. The van der Waals surface area contributed by atoms with E-state index in [1.165, 1.54) is 0 Å². The molecular weight excluding hydrogens is 330 g/mol. The molecule has 0 spiro atoms. The Morgan fingerprint density at radius 3 is 2.92 bits per heavy atom. The van der Waals surface area contributed by atoms with Crippen molar-refractivity contribution in [3.63, 3.8) is 0 Å². The van der Waals surface area contributed by atoms with E-state index >= 15 is 0 Å². The number of morpholine rings is 1. The molecule has 2 fully saturated rings. The number of hydrogen-bond donors (Lipinski definition) is 2. The van der Waals surface area contributed by atoms with Gasteiger partial charge in [-0.2, -0.15) is 0 Å². The lowest BCUT2D eigenvalue weighted by Gasteiger charge is -2.32. The highest BCUT2D eigenvalue weighted by Gasteiger charge is 2.20. The molecule has 1 unspecified atom stereocenters. The van der Waals surface area contributed by atoms with Crippen molar-refractivity contribution in [1.29, 1.82) is 0 Å². The average molecular weight is 361 g/mol. The summed E-state index contributed by atoms with van der Waals surface area (Å²) in [5.74, 6) is 1.93. The topological polar surface area (TPSA) is 73.2 Å². The first-order chi connectivity index (χ1) is 12.7. The molecule has 0 amide bonds. The smallest absolute Gasteiger partial charge is 0.194 e. The lowest BCUT2D eigenvalue weighted by Crippen LogP contribution is -2.46. The molecule has 1 atom stereocenters. The summed E-state index contributed by atoms with van der Waals surface area (Å²) < 4.78 is 5.62. The summed E-state index contributed by atoms with van der Waals surface area (Å²) in [6.07, 6.45) is 3.54. The van der Waals surface area contributed by atoms with Gasteiger partial charge in [0.25, 0.3) is 0 Å². The number of aliphatic hydroxyl groups is 1. The van der Waals surface area contributed by atoms with Crippen LogP contribution < -0.4 is 10.2 Å². The number of aromatic nitrogens is 1. The molecule has 7 nitrogen and oxygen atoms in total. The zero-order valence-electron chi connectivity index (χ0n) is 15.9. The molecule has 2 saturated heterocycles. The quantitative estimate of drug-likeness (QED) is 0.621. The zero-order chi connectivity index (χ0) is 18.4. The van der Waals surface area contributed by atoms with Crippen LogP contribution in [0.5, 0.6) is 0 Å². The SMILES string of the molecule is CCNC(=NCc1ccnc(N2CCOC(C)C2)c1)N1CCC(O)CC1. The summed E-state index contributed by atoms with van der Waals surface area (Å²) in [6.45, 7) is 9.83. The van der Waals surface area contributed by atoms with Crippen LogP contribution >= 0.6 is 0 Å². The molecule has 7 heteroatoms. The van der Waals surface area contributed by atoms with E-state index in [1.54, 1.807) is 0 Å². The standard InChI is InChI=1S/C19H31N5O2/c1-3-20-19(23-8-5-17(25)6-9-23)22-13-16-4-7-21-18(12-16)24-10-11-26-15(2)14-24/h4,7,12,15,17,25H,3,5-6,8-11,13-14H2,1-2H3,(H,20,22). The Kier molecular flexibility index (Phi) is 6.68. The lowest BCUT2D eigenvalue weighted by molar-refractivity contribution is 0.0529. The van der Waals surface area contributed by atoms with Gasteiger partial charge in [0.1, 0.15) is 5.82 Å². The number of likely N-dealkylation sites (tertiary alicyclic amines) is 1. The first-order valence-corrected chi connectivity index (χ1v) is 9.68. The van der Waals surface area contributed by atoms with Crippen molar-refractivity contribution < 1.29 is 9.84 Å². The Morgan fingerprint density at radius 2 is 2.19 bits per heavy atom. The number of aliphatic imine (C=N–C) groups is 1. The van der Waals surface area contributed by atoms with E-state index in [4.69, 9.17) is 9.73 Å². The molecule has 0 saturated carbocycles. The maximum atomic E-state index is 9.71. The van der Waals surface area contributed by atoms with Crippen LogP contribution in [-0.4, -0.2) is 72.5 Å². The second-order valence-electron chi connectivity index (χ2n) is 7.04. The van der Waals surface area contributed by atoms with E-state index in [-0.39, 0.29) is 12.2 Å². The fourth-order valence-corrected chi connectivity index (χ4v) is 3.43. The number of anilines is 1. The molecule has 1 aromatic heterocycles. The number of guanidine groups is 1. The van der Waals surface area contributed by atoms with Crippen LogP contribution in [0.3, 0.4) is 0 Å². The highest BCUT2D eigenvalue weighted by molar-refractivity contribution is 5.80. The fraction of sp³-hybridized carbons (Fsp3) is 0.684. The van der Waals surface area contributed by atoms with Crippen LogP contribution in [0.15, 0.2) is 23.3 Å². The minimum atomic E-state index is -0.173. The highest BCUT2D eigenvalue weighted by atomic mass is 16.5. The first kappa shape index (κ1) is 18.9. The molecule has 2 aliphatic rings. The summed E-state index contributed by atoms with van der Waals surface area (Å²) in [4.78, 5) is 13.9. The predicted octanol–water partition coefficient (Wildman–Crippen LogP) is 1.23. The van der Waals surface area contributed by atoms with Crippen LogP contribution in [0.2, 0.25) is 0 Å². The van der Waals surface area contributed by atoms with Gasteiger partial charge in [0, 0.05) is 38.9 Å². The van der Waals surface area contributed by atoms with Gasteiger partial charge in [-0.15, -0.1) is 0 Å². The maximum Gasteiger partial charge on any atom is 0.194 e. The van der Waals surface area contributed by atoms with E-state index < -0.39 is 0 Å². The number of rotatable bonds is 4. The molecule has 2 N–H and O–H groups in total. The average Bonchev–Trinajstić information content (AvgIpc) is 2.66. The molecule has 0 radical (unpaired) electrons. The molecule has 0 aromatic carbocycles. The van der Waals surface area contributed by atoms with Gasteiger partial charge in [0.05, 0.1) is 25.4 Å². The van der Waals surface area contributed by atoms with Gasteiger partial charge in [-0.1, -0.05) is 0 Å². The second kappa shape index (κ2) is 9.19. The number of ether oxygens (including phenoxy) is 1. The highest BCUT2D eigenvalue weighted by Crippen LogP contribution is 2.17. The van der Waals surface area contributed by atoms with E-state index in [9.17, 15) is 5.11 Å². The van der Waals surface area contributed by atoms with Gasteiger partial charge in [0.15, 0.2) is 5.96 Å². The van der Waals surface area contributed by atoms with Crippen molar-refractivity contribution in [2.75, 3.05) is 44.2 Å². The third-order valence-corrected chi connectivity index (χ3v) is 4.89. The minimum Gasteiger partial charge on any atom is -0.393 e. The fourth-order valence-electron chi connectivity index (χ4n) is 3.43. The normalized spacial score (nSPS) is 22.6. The number of pyridine rings is 1. The van der Waals surface area contributed by atoms with Crippen molar-refractivity contribution in [3.05, 3.63) is 23.9 Å². The maximum absolute atomic E-state index is 9.71. The number of hydrogen-bond acceptors (Lipinski definition) is 5. The number of nitrogens with zero attached hydrogens (tertiary/aromatic N) is 4. The van der Waals surface area contributed by atoms with Gasteiger partial charge >= 0.3 is 0 Å². The van der Waals surface area contributed by atoms with Gasteiger partial charge < -0.3 is 25.0 Å². The van der Waals surface area contributed by atoms with Gasteiger partial charge in [0.2, 0.25) is 0 Å². The van der Waals surface area contributed by atoms with Gasteiger partial charge in [-0.05, 0) is 44.4 Å². The second-order valence-corrected chi connectivity index (χ2v) is 7.04. The van der Waals surface area contributed by atoms with E-state index in [0.717, 1.165) is 69.5 Å². The van der Waals surface area contributed by atoms with Crippen molar-refractivity contribution in [1.82, 2.24) is 15.2 Å². The van der Waals surface area contributed by atoms with Crippen LogP contribution in [0.4, 0.5) is 5.82 Å². The number of aliphatic hydroxyl groups excluding tert-OH is 1. The zero-order valence-corrected chi connectivity index (χ0v) is 15.9. The summed E-state index contributed by atoms with van der Waals surface area (Å²) in [7, 11) is 0. The van der Waals surface area contributed by atoms with Crippen LogP contribution in [0.1, 0.15) is 32.3 Å². The molecule has 3 heterocycles. The van der Waals surface area contributed by atoms with E-state index in [0.29, 0.717) is 6.54 Å². The number of piperidine rings is 1. The van der Waals surface area contributed by atoms with Crippen molar-refractivity contribution >= 4 is 11.8 Å². The Bertz CT molecular complexity index is 601. The first-order valence-electron chi connectivity index (χ1n) is 9.68. The molecule has 26 heavy (non-hydrogen) atoms. The monoisotopic (exact) mass is 361 g/mol. The predicted molar refractivity (Wildman–Crippen MR) is 103 cm³/mol. The van der Waals surface area contributed by atoms with Crippen LogP contribution in [-0.2, 0) is 11.3 Å². The van der Waals surface area contributed by atoms with Crippen LogP contribution in [0.25, 0.3) is 0 Å². The Labute approximate surface area is 156 Å².